The number of carboxylic acid groups (broad SMARTS) is 1. The molecule has 0 aliphatic rings. The zero-order chi connectivity index (χ0) is 12.6. The van der Waals surface area contributed by atoms with Gasteiger partial charge in [0, 0.05) is 22.2 Å². The molecular formula is C13H15NO3. The number of carboxylic acids is 1. The number of hydrogen-bond donors (Lipinski definition) is 3. The standard InChI is InChI=1S/C13H15NO3/c1-3-13(17,12(15)16)11-8(2)14-10-7-5-4-6-9(10)11/h4-7,14,17H,3H2,1-2H3,(H,15,16). The molecule has 0 radical (unpaired) electrons. The van der Waals surface area contributed by atoms with Crippen LogP contribution < -0.4 is 0 Å². The molecule has 0 saturated heterocycles. The lowest BCUT2D eigenvalue weighted by Gasteiger charge is -2.22. The molecule has 0 saturated carbocycles. The number of aromatic nitrogens is 1. The van der Waals surface area contributed by atoms with Gasteiger partial charge in [-0.3, -0.25) is 0 Å². The first-order valence-electron chi connectivity index (χ1n) is 5.54. The topological polar surface area (TPSA) is 73.3 Å². The highest BCUT2D eigenvalue weighted by Gasteiger charge is 2.39. The van der Waals surface area contributed by atoms with Gasteiger partial charge in [-0.05, 0) is 19.4 Å². The molecule has 2 rings (SSSR count). The number of rotatable bonds is 3. The number of H-pyrrole nitrogens is 1. The molecule has 0 bridgehead atoms. The quantitative estimate of drug-likeness (QED) is 0.760. The number of hydrogen-bond acceptors (Lipinski definition) is 2. The summed E-state index contributed by atoms with van der Waals surface area (Å²) >= 11 is 0. The lowest BCUT2D eigenvalue weighted by atomic mass is 9.89. The van der Waals surface area contributed by atoms with Gasteiger partial charge >= 0.3 is 5.97 Å². The number of benzene rings is 1. The number of aliphatic hydroxyl groups is 1. The van der Waals surface area contributed by atoms with Gasteiger partial charge in [-0.15, -0.1) is 0 Å². The van der Waals surface area contributed by atoms with E-state index in [1.165, 1.54) is 0 Å². The van der Waals surface area contributed by atoms with Crippen LogP contribution in [0.1, 0.15) is 24.6 Å². The molecule has 90 valence electrons. The molecule has 0 aliphatic carbocycles. The molecule has 1 atom stereocenters. The van der Waals surface area contributed by atoms with Crippen LogP contribution in [-0.2, 0) is 10.4 Å². The highest BCUT2D eigenvalue weighted by atomic mass is 16.4. The van der Waals surface area contributed by atoms with E-state index < -0.39 is 11.6 Å². The normalized spacial score (nSPS) is 14.8. The number of para-hydroxylation sites is 1. The van der Waals surface area contributed by atoms with Gasteiger partial charge in [0.25, 0.3) is 0 Å². The lowest BCUT2D eigenvalue weighted by molar-refractivity contribution is -0.160. The minimum atomic E-state index is -1.83. The fraction of sp³-hybridized carbons (Fsp3) is 0.308. The summed E-state index contributed by atoms with van der Waals surface area (Å²) in [6.45, 7) is 3.44. The maximum absolute atomic E-state index is 11.3. The second kappa shape index (κ2) is 3.89. The average molecular weight is 233 g/mol. The molecule has 1 aromatic carbocycles. The van der Waals surface area contributed by atoms with Crippen LogP contribution in [0.25, 0.3) is 10.9 Å². The Balaban J connectivity index is 2.77. The number of aromatic amines is 1. The van der Waals surface area contributed by atoms with Gasteiger partial charge in [0.15, 0.2) is 5.60 Å². The van der Waals surface area contributed by atoms with E-state index in [1.807, 2.05) is 24.3 Å². The van der Waals surface area contributed by atoms with Crippen molar-refractivity contribution >= 4 is 16.9 Å². The van der Waals surface area contributed by atoms with Crippen molar-refractivity contribution in [3.63, 3.8) is 0 Å². The molecular weight excluding hydrogens is 218 g/mol. The highest BCUT2D eigenvalue weighted by Crippen LogP contribution is 2.34. The first-order chi connectivity index (χ1) is 8.00. The second-order valence-corrected chi connectivity index (χ2v) is 4.19. The van der Waals surface area contributed by atoms with Crippen molar-refractivity contribution in [1.29, 1.82) is 0 Å². The molecule has 2 aromatic rings. The number of fused-ring (bicyclic) bond motifs is 1. The second-order valence-electron chi connectivity index (χ2n) is 4.19. The van der Waals surface area contributed by atoms with Crippen LogP contribution in [-0.4, -0.2) is 21.2 Å². The molecule has 4 nitrogen and oxygen atoms in total. The summed E-state index contributed by atoms with van der Waals surface area (Å²) in [4.78, 5) is 14.4. The Bertz CT molecular complexity index is 573. The summed E-state index contributed by atoms with van der Waals surface area (Å²) in [5.41, 5.74) is 0.165. The number of aliphatic carboxylic acids is 1. The van der Waals surface area contributed by atoms with Crippen molar-refractivity contribution in [1.82, 2.24) is 4.98 Å². The molecule has 1 aromatic heterocycles. The summed E-state index contributed by atoms with van der Waals surface area (Å²) in [6, 6.07) is 7.38. The monoisotopic (exact) mass is 233 g/mol. The van der Waals surface area contributed by atoms with Gasteiger partial charge < -0.3 is 15.2 Å². The third-order valence-corrected chi connectivity index (χ3v) is 3.17. The predicted molar refractivity (Wildman–Crippen MR) is 64.9 cm³/mol. The Kier molecular flexibility index (Phi) is 2.67. The molecule has 1 unspecified atom stereocenters. The zero-order valence-electron chi connectivity index (χ0n) is 9.82. The van der Waals surface area contributed by atoms with E-state index in [0.29, 0.717) is 11.3 Å². The average Bonchev–Trinajstić information content (AvgIpc) is 2.64. The number of nitrogens with one attached hydrogen (secondary N) is 1. The van der Waals surface area contributed by atoms with Gasteiger partial charge in [0.05, 0.1) is 0 Å². The van der Waals surface area contributed by atoms with Gasteiger partial charge in [-0.25, -0.2) is 4.79 Å². The summed E-state index contributed by atoms with van der Waals surface area (Å²) in [5.74, 6) is -1.21. The minimum Gasteiger partial charge on any atom is -0.479 e. The van der Waals surface area contributed by atoms with Gasteiger partial charge in [-0.2, -0.15) is 0 Å². The third-order valence-electron chi connectivity index (χ3n) is 3.17. The van der Waals surface area contributed by atoms with Crippen LogP contribution in [0.2, 0.25) is 0 Å². The van der Waals surface area contributed by atoms with Gasteiger partial charge in [-0.1, -0.05) is 25.1 Å². The van der Waals surface area contributed by atoms with Crippen molar-refractivity contribution in [3.05, 3.63) is 35.5 Å². The predicted octanol–water partition coefficient (Wildman–Crippen LogP) is 2.16. The largest absolute Gasteiger partial charge is 0.479 e. The van der Waals surface area contributed by atoms with E-state index in [2.05, 4.69) is 4.98 Å². The highest BCUT2D eigenvalue weighted by molar-refractivity contribution is 5.92. The Morgan fingerprint density at radius 2 is 2.06 bits per heavy atom. The van der Waals surface area contributed by atoms with Crippen LogP contribution in [0, 0.1) is 6.92 Å². The molecule has 0 fully saturated rings. The van der Waals surface area contributed by atoms with Crippen molar-refractivity contribution < 1.29 is 15.0 Å². The summed E-state index contributed by atoms with van der Waals surface area (Å²) < 4.78 is 0. The first-order valence-corrected chi connectivity index (χ1v) is 5.54. The van der Waals surface area contributed by atoms with Crippen LogP contribution >= 0.6 is 0 Å². The van der Waals surface area contributed by atoms with E-state index >= 15 is 0 Å². The van der Waals surface area contributed by atoms with Crippen molar-refractivity contribution in [2.75, 3.05) is 0 Å². The fourth-order valence-electron chi connectivity index (χ4n) is 2.24. The SMILES string of the molecule is CCC(O)(C(=O)O)c1c(C)[nH]c2ccccc12. The van der Waals surface area contributed by atoms with E-state index in [4.69, 9.17) is 0 Å². The van der Waals surface area contributed by atoms with Crippen molar-refractivity contribution in [3.8, 4) is 0 Å². The van der Waals surface area contributed by atoms with Crippen LogP contribution in [0.3, 0.4) is 0 Å². The molecule has 4 heteroatoms. The molecule has 17 heavy (non-hydrogen) atoms. The zero-order valence-corrected chi connectivity index (χ0v) is 9.82. The number of aryl methyl sites for hydroxylation is 1. The Morgan fingerprint density at radius 3 is 2.65 bits per heavy atom. The van der Waals surface area contributed by atoms with Crippen molar-refractivity contribution in [2.24, 2.45) is 0 Å². The molecule has 0 amide bonds. The van der Waals surface area contributed by atoms with Crippen LogP contribution in [0.15, 0.2) is 24.3 Å². The minimum absolute atomic E-state index is 0.130. The summed E-state index contributed by atoms with van der Waals surface area (Å²) in [6.07, 6.45) is 0.130. The fourth-order valence-corrected chi connectivity index (χ4v) is 2.24. The van der Waals surface area contributed by atoms with E-state index in [9.17, 15) is 15.0 Å². The van der Waals surface area contributed by atoms with Crippen molar-refractivity contribution in [2.45, 2.75) is 25.9 Å². The lowest BCUT2D eigenvalue weighted by Crippen LogP contribution is -2.35. The summed E-state index contributed by atoms with van der Waals surface area (Å²) in [5, 5.41) is 20.3. The Labute approximate surface area is 98.9 Å². The third kappa shape index (κ3) is 1.61. The molecule has 0 aliphatic heterocycles. The van der Waals surface area contributed by atoms with Crippen LogP contribution in [0.4, 0.5) is 0 Å². The Hall–Kier alpha value is -1.81. The smallest absolute Gasteiger partial charge is 0.340 e. The van der Waals surface area contributed by atoms with E-state index in [0.717, 1.165) is 10.9 Å². The maximum atomic E-state index is 11.3. The van der Waals surface area contributed by atoms with Gasteiger partial charge in [0.2, 0.25) is 0 Å². The van der Waals surface area contributed by atoms with E-state index in [1.54, 1.807) is 13.8 Å². The first kappa shape index (κ1) is 11.7. The van der Waals surface area contributed by atoms with Crippen LogP contribution in [0.5, 0.6) is 0 Å². The molecule has 0 spiro atoms. The molecule has 1 heterocycles. The van der Waals surface area contributed by atoms with E-state index in [-0.39, 0.29) is 6.42 Å². The van der Waals surface area contributed by atoms with Gasteiger partial charge in [0.1, 0.15) is 0 Å². The number of carbonyl (C=O) groups is 1. The summed E-state index contributed by atoms with van der Waals surface area (Å²) in [7, 11) is 0. The maximum Gasteiger partial charge on any atom is 0.340 e. The Morgan fingerprint density at radius 1 is 1.41 bits per heavy atom. The molecule has 3 N–H and O–H groups in total.